The zero-order valence-electron chi connectivity index (χ0n) is 13.0. The molecule has 0 spiro atoms. The second kappa shape index (κ2) is 6.91. The van der Waals surface area contributed by atoms with E-state index in [1.54, 1.807) is 0 Å². The molecule has 0 amide bonds. The zero-order valence-corrected chi connectivity index (χ0v) is 13.0. The topological polar surface area (TPSA) is 18.5 Å². The summed E-state index contributed by atoms with van der Waals surface area (Å²) < 4.78 is 0. The Balaban J connectivity index is 1.78. The van der Waals surface area contributed by atoms with Crippen molar-refractivity contribution in [1.29, 1.82) is 0 Å². The van der Waals surface area contributed by atoms with Crippen LogP contribution in [-0.4, -0.2) is 49.6 Å². The molecule has 0 bridgehead atoms. The molecule has 1 fully saturated rings. The van der Waals surface area contributed by atoms with Gasteiger partial charge in [0.2, 0.25) is 0 Å². The largest absolute Gasteiger partial charge is 0.358 e. The predicted molar refractivity (Wildman–Crippen MR) is 87.1 cm³/mol. The Hall–Kier alpha value is -1.32. The Bertz CT molecular complexity index is 445. The van der Waals surface area contributed by atoms with Crippen molar-refractivity contribution in [3.8, 4) is 0 Å². The summed E-state index contributed by atoms with van der Waals surface area (Å²) in [5, 5.41) is 3.42. The Morgan fingerprint density at radius 3 is 2.65 bits per heavy atom. The number of piperidine rings is 1. The first kappa shape index (κ1) is 15.1. The third-order valence-electron chi connectivity index (χ3n) is 4.04. The minimum Gasteiger partial charge on any atom is -0.358 e. The second-order valence-corrected chi connectivity index (χ2v) is 6.07. The van der Waals surface area contributed by atoms with Crippen LogP contribution in [0, 0.1) is 6.92 Å². The van der Waals surface area contributed by atoms with Crippen molar-refractivity contribution in [3.05, 3.63) is 42.1 Å². The van der Waals surface area contributed by atoms with Crippen LogP contribution in [0.3, 0.4) is 0 Å². The maximum absolute atomic E-state index is 4.16. The van der Waals surface area contributed by atoms with Gasteiger partial charge in [0.05, 0.1) is 0 Å². The molecule has 20 heavy (non-hydrogen) atoms. The van der Waals surface area contributed by atoms with Gasteiger partial charge in [-0.15, -0.1) is 0 Å². The van der Waals surface area contributed by atoms with Crippen molar-refractivity contribution in [3.63, 3.8) is 0 Å². The van der Waals surface area contributed by atoms with Gasteiger partial charge in [0.25, 0.3) is 0 Å². The second-order valence-electron chi connectivity index (χ2n) is 6.07. The minimum absolute atomic E-state index is 0.740. The molecule has 1 aliphatic rings. The van der Waals surface area contributed by atoms with Crippen LogP contribution in [-0.2, 0) is 0 Å². The van der Waals surface area contributed by atoms with Crippen molar-refractivity contribution in [2.24, 2.45) is 0 Å². The van der Waals surface area contributed by atoms with E-state index in [1.807, 2.05) is 0 Å². The molecule has 3 heteroatoms. The van der Waals surface area contributed by atoms with Crippen LogP contribution in [0.5, 0.6) is 0 Å². The Morgan fingerprint density at radius 2 is 2.05 bits per heavy atom. The van der Waals surface area contributed by atoms with Crippen LogP contribution in [0.15, 0.2) is 36.5 Å². The molecule has 1 aromatic rings. The van der Waals surface area contributed by atoms with Crippen LogP contribution in [0.2, 0.25) is 0 Å². The van der Waals surface area contributed by atoms with E-state index in [1.165, 1.54) is 18.4 Å². The monoisotopic (exact) mass is 273 g/mol. The third-order valence-corrected chi connectivity index (χ3v) is 4.04. The summed E-state index contributed by atoms with van der Waals surface area (Å²) in [6, 6.07) is 9.18. The Labute approximate surface area is 123 Å². The van der Waals surface area contributed by atoms with E-state index in [0.29, 0.717) is 0 Å². The molecule has 0 aliphatic carbocycles. The summed E-state index contributed by atoms with van der Waals surface area (Å²) >= 11 is 0. The summed E-state index contributed by atoms with van der Waals surface area (Å²) in [4.78, 5) is 4.84. The number of benzene rings is 1. The normalized spacial score (nSPS) is 17.4. The predicted octanol–water partition coefficient (Wildman–Crippen LogP) is 2.95. The van der Waals surface area contributed by atoms with Gasteiger partial charge in [-0.1, -0.05) is 18.7 Å². The maximum Gasteiger partial charge on any atom is 0.0384 e. The van der Waals surface area contributed by atoms with Gasteiger partial charge >= 0.3 is 0 Å². The van der Waals surface area contributed by atoms with Gasteiger partial charge in [-0.05, 0) is 51.6 Å². The first-order valence-corrected chi connectivity index (χ1v) is 7.45. The van der Waals surface area contributed by atoms with Gasteiger partial charge in [0.15, 0.2) is 0 Å². The van der Waals surface area contributed by atoms with Crippen molar-refractivity contribution in [1.82, 2.24) is 9.80 Å². The van der Waals surface area contributed by atoms with Crippen LogP contribution in [0.25, 0.3) is 0 Å². The van der Waals surface area contributed by atoms with Gasteiger partial charge in [-0.3, -0.25) is 4.90 Å². The smallest absolute Gasteiger partial charge is 0.0384 e. The molecule has 1 aromatic carbocycles. The Morgan fingerprint density at radius 1 is 1.35 bits per heavy atom. The Kier molecular flexibility index (Phi) is 5.21. The SMILES string of the molecule is C=C(CN1CCC(N(C)C)CC1)Nc1cccc(C)c1. The molecule has 1 N–H and O–H groups in total. The van der Waals surface area contributed by atoms with Crippen molar-refractivity contribution >= 4 is 5.69 Å². The van der Waals surface area contributed by atoms with Gasteiger partial charge in [-0.25, -0.2) is 0 Å². The lowest BCUT2D eigenvalue weighted by Crippen LogP contribution is -2.42. The highest BCUT2D eigenvalue weighted by atomic mass is 15.2. The summed E-state index contributed by atoms with van der Waals surface area (Å²) in [5.41, 5.74) is 3.49. The van der Waals surface area contributed by atoms with E-state index in [4.69, 9.17) is 0 Å². The standard InChI is InChI=1S/C17H27N3/c1-14-6-5-7-16(12-14)18-15(2)13-20-10-8-17(9-11-20)19(3)4/h5-7,12,17-18H,2,8-11,13H2,1,3-4H3. The summed E-state index contributed by atoms with van der Waals surface area (Å²) in [5.74, 6) is 0. The number of aryl methyl sites for hydroxylation is 1. The van der Waals surface area contributed by atoms with Crippen molar-refractivity contribution in [2.45, 2.75) is 25.8 Å². The molecule has 0 radical (unpaired) electrons. The molecule has 3 nitrogen and oxygen atoms in total. The van der Waals surface area contributed by atoms with Crippen LogP contribution < -0.4 is 5.32 Å². The van der Waals surface area contributed by atoms with Crippen LogP contribution >= 0.6 is 0 Å². The third kappa shape index (κ3) is 4.36. The lowest BCUT2D eigenvalue weighted by atomic mass is 10.0. The van der Waals surface area contributed by atoms with Crippen molar-refractivity contribution < 1.29 is 0 Å². The lowest BCUT2D eigenvalue weighted by molar-refractivity contribution is 0.153. The number of hydrogen-bond acceptors (Lipinski definition) is 3. The number of likely N-dealkylation sites (tertiary alicyclic amines) is 1. The highest BCUT2D eigenvalue weighted by Crippen LogP contribution is 2.16. The molecule has 0 saturated carbocycles. The number of anilines is 1. The van der Waals surface area contributed by atoms with E-state index in [-0.39, 0.29) is 0 Å². The fourth-order valence-electron chi connectivity index (χ4n) is 2.83. The number of rotatable bonds is 5. The number of hydrogen-bond donors (Lipinski definition) is 1. The fourth-order valence-corrected chi connectivity index (χ4v) is 2.83. The first-order valence-electron chi connectivity index (χ1n) is 7.45. The average Bonchev–Trinajstić information content (AvgIpc) is 2.39. The quantitative estimate of drug-likeness (QED) is 0.890. The summed E-state index contributed by atoms with van der Waals surface area (Å²) in [6.45, 7) is 9.54. The van der Waals surface area contributed by atoms with E-state index >= 15 is 0 Å². The molecular weight excluding hydrogens is 246 g/mol. The number of nitrogens with zero attached hydrogens (tertiary/aromatic N) is 2. The van der Waals surface area contributed by atoms with Gasteiger partial charge < -0.3 is 10.2 Å². The molecule has 1 saturated heterocycles. The highest BCUT2D eigenvalue weighted by molar-refractivity contribution is 5.49. The molecule has 110 valence electrons. The van der Waals surface area contributed by atoms with Gasteiger partial charge in [0, 0.05) is 37.1 Å². The van der Waals surface area contributed by atoms with Gasteiger partial charge in [-0.2, -0.15) is 0 Å². The van der Waals surface area contributed by atoms with Crippen LogP contribution in [0.1, 0.15) is 18.4 Å². The highest BCUT2D eigenvalue weighted by Gasteiger charge is 2.20. The zero-order chi connectivity index (χ0) is 14.5. The molecule has 2 rings (SSSR count). The van der Waals surface area contributed by atoms with E-state index in [2.05, 4.69) is 67.0 Å². The minimum atomic E-state index is 0.740. The molecule has 0 atom stereocenters. The van der Waals surface area contributed by atoms with E-state index < -0.39 is 0 Å². The maximum atomic E-state index is 4.16. The van der Waals surface area contributed by atoms with Gasteiger partial charge in [0.1, 0.15) is 0 Å². The van der Waals surface area contributed by atoms with Crippen molar-refractivity contribution in [2.75, 3.05) is 39.0 Å². The summed E-state index contributed by atoms with van der Waals surface area (Å²) in [6.07, 6.45) is 2.51. The number of nitrogens with one attached hydrogen (secondary N) is 1. The molecule has 1 aliphatic heterocycles. The molecule has 1 heterocycles. The first-order chi connectivity index (χ1) is 9.54. The van der Waals surface area contributed by atoms with E-state index in [0.717, 1.165) is 37.1 Å². The lowest BCUT2D eigenvalue weighted by Gasteiger charge is -2.35. The average molecular weight is 273 g/mol. The fraction of sp³-hybridized carbons (Fsp3) is 0.529. The summed E-state index contributed by atoms with van der Waals surface area (Å²) in [7, 11) is 4.36. The molecule has 0 unspecified atom stereocenters. The van der Waals surface area contributed by atoms with E-state index in [9.17, 15) is 0 Å². The van der Waals surface area contributed by atoms with Crippen LogP contribution in [0.4, 0.5) is 5.69 Å². The molecular formula is C17H27N3. The molecule has 0 aromatic heterocycles.